The second-order valence-corrected chi connectivity index (χ2v) is 7.98. The zero-order valence-corrected chi connectivity index (χ0v) is 16.3. The summed E-state index contributed by atoms with van der Waals surface area (Å²) in [6.45, 7) is 1.29. The number of nitrogens with one attached hydrogen (secondary N) is 1. The molecule has 2 heterocycles. The second kappa shape index (κ2) is 8.38. The Bertz CT molecular complexity index is 932. The molecule has 6 heteroatoms. The summed E-state index contributed by atoms with van der Waals surface area (Å²) in [5.74, 6) is 0.838. The van der Waals surface area contributed by atoms with Gasteiger partial charge < -0.3 is 14.5 Å². The molecule has 4 nitrogen and oxygen atoms in total. The van der Waals surface area contributed by atoms with Crippen LogP contribution in [0.15, 0.2) is 57.8 Å². The van der Waals surface area contributed by atoms with Crippen LogP contribution in [0.5, 0.6) is 0 Å². The highest BCUT2D eigenvalue weighted by atomic mass is 35.5. The molecule has 1 fully saturated rings. The van der Waals surface area contributed by atoms with Crippen LogP contribution in [0, 0.1) is 0 Å². The lowest BCUT2D eigenvalue weighted by molar-refractivity contribution is 0.0836. The first-order chi connectivity index (χ1) is 13.2. The Morgan fingerprint density at radius 3 is 2.78 bits per heavy atom. The Kier molecular flexibility index (Phi) is 5.72. The molecule has 1 atom stereocenters. The number of rotatable bonds is 6. The molecule has 1 aliphatic rings. The zero-order valence-electron chi connectivity index (χ0n) is 14.7. The Morgan fingerprint density at radius 1 is 1.19 bits per heavy atom. The number of benzene rings is 2. The van der Waals surface area contributed by atoms with E-state index < -0.39 is 0 Å². The van der Waals surface area contributed by atoms with Crippen molar-refractivity contribution in [3.63, 3.8) is 0 Å². The van der Waals surface area contributed by atoms with Crippen molar-refractivity contribution in [3.8, 4) is 0 Å². The highest BCUT2D eigenvalue weighted by molar-refractivity contribution is 7.98. The van der Waals surface area contributed by atoms with E-state index in [1.807, 2.05) is 48.5 Å². The fourth-order valence-corrected chi connectivity index (χ4v) is 4.26. The second-order valence-electron chi connectivity index (χ2n) is 6.49. The predicted molar refractivity (Wildman–Crippen MR) is 109 cm³/mol. The van der Waals surface area contributed by atoms with Crippen LogP contribution in [0.25, 0.3) is 11.0 Å². The molecule has 4 rings (SSSR count). The van der Waals surface area contributed by atoms with E-state index in [4.69, 9.17) is 20.8 Å². The molecule has 27 heavy (non-hydrogen) atoms. The van der Waals surface area contributed by atoms with Crippen LogP contribution in [0.2, 0.25) is 5.02 Å². The smallest absolute Gasteiger partial charge is 0.287 e. The maximum atomic E-state index is 12.8. The molecule has 1 saturated heterocycles. The van der Waals surface area contributed by atoms with E-state index in [0.29, 0.717) is 23.1 Å². The standard InChI is InChI=1S/C21H20ClNO3S/c22-14-7-9-16(10-8-14)27-13-18-17-5-1-2-6-19(17)26-20(18)21(24)23-12-15-4-3-11-25-15/h1-2,5-10,15H,3-4,11-13H2,(H,23,24)/t15-/m0/s1. The summed E-state index contributed by atoms with van der Waals surface area (Å²) < 4.78 is 11.5. The maximum absolute atomic E-state index is 12.8. The number of carbonyl (C=O) groups is 1. The lowest BCUT2D eigenvalue weighted by Crippen LogP contribution is -2.32. The minimum atomic E-state index is -0.187. The normalized spacial score (nSPS) is 16.7. The van der Waals surface area contributed by atoms with Gasteiger partial charge >= 0.3 is 0 Å². The molecule has 1 aromatic heterocycles. The van der Waals surface area contributed by atoms with Crippen LogP contribution < -0.4 is 5.32 Å². The Labute approximate surface area is 167 Å². The van der Waals surface area contributed by atoms with Crippen molar-refractivity contribution >= 4 is 40.2 Å². The van der Waals surface area contributed by atoms with Gasteiger partial charge in [-0.25, -0.2) is 0 Å². The number of ether oxygens (including phenoxy) is 1. The molecular weight excluding hydrogens is 382 g/mol. The molecule has 0 bridgehead atoms. The van der Waals surface area contributed by atoms with Crippen molar-refractivity contribution in [1.82, 2.24) is 5.32 Å². The summed E-state index contributed by atoms with van der Waals surface area (Å²) in [6.07, 6.45) is 2.14. The van der Waals surface area contributed by atoms with Crippen molar-refractivity contribution in [2.45, 2.75) is 29.6 Å². The molecule has 0 spiro atoms. The molecule has 0 saturated carbocycles. The van der Waals surface area contributed by atoms with Gasteiger partial charge in [0.05, 0.1) is 6.10 Å². The summed E-state index contributed by atoms with van der Waals surface area (Å²) in [7, 11) is 0. The van der Waals surface area contributed by atoms with Gasteiger partial charge in [0.15, 0.2) is 5.76 Å². The van der Waals surface area contributed by atoms with Gasteiger partial charge in [-0.1, -0.05) is 29.8 Å². The van der Waals surface area contributed by atoms with Gasteiger partial charge in [0, 0.05) is 39.8 Å². The largest absolute Gasteiger partial charge is 0.451 e. The zero-order chi connectivity index (χ0) is 18.6. The number of para-hydroxylation sites is 1. The number of amides is 1. The fraction of sp³-hybridized carbons (Fsp3) is 0.286. The molecule has 140 valence electrons. The maximum Gasteiger partial charge on any atom is 0.287 e. The van der Waals surface area contributed by atoms with Gasteiger partial charge in [-0.2, -0.15) is 0 Å². The number of halogens is 1. The van der Waals surface area contributed by atoms with E-state index in [1.54, 1.807) is 11.8 Å². The summed E-state index contributed by atoms with van der Waals surface area (Å²) in [4.78, 5) is 13.9. The van der Waals surface area contributed by atoms with Crippen LogP contribution >= 0.6 is 23.4 Å². The van der Waals surface area contributed by atoms with Crippen molar-refractivity contribution < 1.29 is 13.9 Å². The summed E-state index contributed by atoms with van der Waals surface area (Å²) in [6, 6.07) is 15.5. The van der Waals surface area contributed by atoms with Crippen molar-refractivity contribution in [1.29, 1.82) is 0 Å². The number of fused-ring (bicyclic) bond motifs is 1. The summed E-state index contributed by atoms with van der Waals surface area (Å²) >= 11 is 7.61. The molecule has 1 N–H and O–H groups in total. The van der Waals surface area contributed by atoms with E-state index in [9.17, 15) is 4.79 Å². The van der Waals surface area contributed by atoms with Gasteiger partial charge in [0.2, 0.25) is 0 Å². The topological polar surface area (TPSA) is 51.5 Å². The van der Waals surface area contributed by atoms with Gasteiger partial charge in [0.1, 0.15) is 5.58 Å². The predicted octanol–water partition coefficient (Wildman–Crippen LogP) is 5.29. The van der Waals surface area contributed by atoms with Gasteiger partial charge in [-0.05, 0) is 43.2 Å². The van der Waals surface area contributed by atoms with Crippen LogP contribution in [-0.2, 0) is 10.5 Å². The molecular formula is C21H20ClNO3S. The molecule has 0 unspecified atom stereocenters. The Morgan fingerprint density at radius 2 is 2.00 bits per heavy atom. The third kappa shape index (κ3) is 4.32. The van der Waals surface area contributed by atoms with E-state index in [2.05, 4.69) is 5.32 Å². The van der Waals surface area contributed by atoms with Crippen LogP contribution in [-0.4, -0.2) is 25.2 Å². The minimum absolute atomic E-state index is 0.102. The Hall–Kier alpha value is -1.95. The van der Waals surface area contributed by atoms with Gasteiger partial charge in [0.25, 0.3) is 5.91 Å². The SMILES string of the molecule is O=C(NC[C@@H]1CCCO1)c1oc2ccccc2c1CSc1ccc(Cl)cc1. The Balaban J connectivity index is 1.54. The number of hydrogen-bond donors (Lipinski definition) is 1. The van der Waals surface area contributed by atoms with E-state index in [1.165, 1.54) is 0 Å². The fourth-order valence-electron chi connectivity index (χ4n) is 3.20. The highest BCUT2D eigenvalue weighted by Crippen LogP contribution is 2.32. The average molecular weight is 402 g/mol. The summed E-state index contributed by atoms with van der Waals surface area (Å²) in [5, 5.41) is 4.65. The van der Waals surface area contributed by atoms with E-state index in [-0.39, 0.29) is 12.0 Å². The molecule has 1 aliphatic heterocycles. The van der Waals surface area contributed by atoms with Crippen molar-refractivity contribution in [2.75, 3.05) is 13.2 Å². The molecule has 3 aromatic rings. The van der Waals surface area contributed by atoms with Crippen molar-refractivity contribution in [3.05, 3.63) is 64.9 Å². The van der Waals surface area contributed by atoms with E-state index in [0.717, 1.165) is 40.9 Å². The van der Waals surface area contributed by atoms with Crippen LogP contribution in [0.1, 0.15) is 29.0 Å². The number of thioether (sulfide) groups is 1. The number of furan rings is 1. The first-order valence-corrected chi connectivity index (χ1v) is 10.4. The van der Waals surface area contributed by atoms with Gasteiger partial charge in [-0.15, -0.1) is 11.8 Å². The number of hydrogen-bond acceptors (Lipinski definition) is 4. The first kappa shape index (κ1) is 18.4. The minimum Gasteiger partial charge on any atom is -0.451 e. The van der Waals surface area contributed by atoms with Crippen molar-refractivity contribution in [2.24, 2.45) is 0 Å². The molecule has 2 aromatic carbocycles. The third-order valence-corrected chi connectivity index (χ3v) is 5.91. The summed E-state index contributed by atoms with van der Waals surface area (Å²) in [5.41, 5.74) is 1.64. The lowest BCUT2D eigenvalue weighted by Gasteiger charge is -2.10. The highest BCUT2D eigenvalue weighted by Gasteiger charge is 2.22. The average Bonchev–Trinajstić information content (AvgIpc) is 3.33. The first-order valence-electron chi connectivity index (χ1n) is 8.99. The number of carbonyl (C=O) groups excluding carboxylic acids is 1. The quantitative estimate of drug-likeness (QED) is 0.570. The lowest BCUT2D eigenvalue weighted by atomic mass is 10.1. The third-order valence-electron chi connectivity index (χ3n) is 4.62. The van der Waals surface area contributed by atoms with Crippen LogP contribution in [0.4, 0.5) is 0 Å². The van der Waals surface area contributed by atoms with Crippen LogP contribution in [0.3, 0.4) is 0 Å². The molecule has 1 amide bonds. The molecule has 0 aliphatic carbocycles. The van der Waals surface area contributed by atoms with E-state index >= 15 is 0 Å². The van der Waals surface area contributed by atoms with Gasteiger partial charge in [-0.3, -0.25) is 4.79 Å². The molecule has 0 radical (unpaired) electrons. The monoisotopic (exact) mass is 401 g/mol.